The lowest BCUT2D eigenvalue weighted by atomic mass is 9.94. The summed E-state index contributed by atoms with van der Waals surface area (Å²) in [5, 5.41) is 9.94. The number of ether oxygens (including phenoxy) is 1. The fourth-order valence-electron chi connectivity index (χ4n) is 1.15. The molecule has 0 spiro atoms. The molecule has 1 rings (SSSR count). The Balaban J connectivity index is 2.57. The molecule has 0 heterocycles. The van der Waals surface area contributed by atoms with E-state index in [0.717, 1.165) is 0 Å². The topological polar surface area (TPSA) is 63.6 Å². The molecule has 1 aliphatic rings. The van der Waals surface area contributed by atoms with Gasteiger partial charge in [-0.15, -0.1) is 0 Å². The third-order valence-electron chi connectivity index (χ3n) is 1.94. The first-order valence-corrected chi connectivity index (χ1v) is 5.20. The third-order valence-corrected chi connectivity index (χ3v) is 2.56. The highest BCUT2D eigenvalue weighted by Crippen LogP contribution is 2.24. The van der Waals surface area contributed by atoms with Crippen molar-refractivity contribution in [2.24, 2.45) is 0 Å². The van der Waals surface area contributed by atoms with E-state index >= 15 is 0 Å². The minimum Gasteiger partial charge on any atom is -0.466 e. The van der Waals surface area contributed by atoms with E-state index in [1.807, 2.05) is 0 Å². The Labute approximate surface area is 95.7 Å². The molecule has 5 heteroatoms. The summed E-state index contributed by atoms with van der Waals surface area (Å²) in [5.74, 6) is -0.579. The van der Waals surface area contributed by atoms with Crippen molar-refractivity contribution in [1.82, 2.24) is 0 Å². The van der Waals surface area contributed by atoms with Crippen LogP contribution in [-0.2, 0) is 14.3 Å². The van der Waals surface area contributed by atoms with Gasteiger partial charge in [0.25, 0.3) is 0 Å². The summed E-state index contributed by atoms with van der Waals surface area (Å²) in [4.78, 5) is 21.6. The number of carbonyl (C=O) groups excluding carboxylic acids is 2. The molecule has 0 amide bonds. The van der Waals surface area contributed by atoms with Crippen molar-refractivity contribution in [2.75, 3.05) is 6.61 Å². The van der Waals surface area contributed by atoms with Gasteiger partial charge in [-0.25, -0.2) is 0 Å². The number of ketones is 1. The molecule has 1 aliphatic carbocycles. The van der Waals surface area contributed by atoms with E-state index in [4.69, 9.17) is 4.74 Å². The standard InChI is InChI=1S/C10H11BrO4/c1-7(12)15-5-4-10(14)3-2-9(13)8(11)6-10/h2-3,6,14H,4-5H2,1H3/t10-/m0/s1. The zero-order chi connectivity index (χ0) is 11.5. The zero-order valence-electron chi connectivity index (χ0n) is 8.20. The quantitative estimate of drug-likeness (QED) is 0.783. The molecule has 15 heavy (non-hydrogen) atoms. The predicted molar refractivity (Wildman–Crippen MR) is 57.4 cm³/mol. The fraction of sp³-hybridized carbons (Fsp3) is 0.400. The molecule has 1 N–H and O–H groups in total. The lowest BCUT2D eigenvalue weighted by Crippen LogP contribution is -2.28. The summed E-state index contributed by atoms with van der Waals surface area (Å²) in [6, 6.07) is 0. The van der Waals surface area contributed by atoms with Crippen LogP contribution in [0.1, 0.15) is 13.3 Å². The summed E-state index contributed by atoms with van der Waals surface area (Å²) in [6.45, 7) is 1.41. The van der Waals surface area contributed by atoms with Gasteiger partial charge in [0.1, 0.15) is 5.60 Å². The van der Waals surface area contributed by atoms with Gasteiger partial charge in [0, 0.05) is 13.3 Å². The molecule has 0 aromatic heterocycles. The van der Waals surface area contributed by atoms with E-state index in [1.54, 1.807) is 0 Å². The molecule has 0 saturated heterocycles. The van der Waals surface area contributed by atoms with Crippen LogP contribution in [0.25, 0.3) is 0 Å². The van der Waals surface area contributed by atoms with Crippen LogP contribution < -0.4 is 0 Å². The van der Waals surface area contributed by atoms with Crippen molar-refractivity contribution in [3.63, 3.8) is 0 Å². The van der Waals surface area contributed by atoms with Crippen LogP contribution in [-0.4, -0.2) is 29.1 Å². The van der Waals surface area contributed by atoms with Crippen LogP contribution in [0, 0.1) is 0 Å². The van der Waals surface area contributed by atoms with Crippen molar-refractivity contribution in [3.05, 3.63) is 22.7 Å². The maximum atomic E-state index is 11.1. The fourth-order valence-corrected chi connectivity index (χ4v) is 1.68. The van der Waals surface area contributed by atoms with Gasteiger partial charge >= 0.3 is 5.97 Å². The second-order valence-corrected chi connectivity index (χ2v) is 4.13. The lowest BCUT2D eigenvalue weighted by Gasteiger charge is -2.23. The van der Waals surface area contributed by atoms with Gasteiger partial charge in [-0.2, -0.15) is 0 Å². The normalized spacial score (nSPS) is 25.0. The number of hydrogen-bond donors (Lipinski definition) is 1. The van der Waals surface area contributed by atoms with Crippen LogP contribution in [0.2, 0.25) is 0 Å². The van der Waals surface area contributed by atoms with E-state index in [0.29, 0.717) is 4.48 Å². The maximum absolute atomic E-state index is 11.1. The van der Waals surface area contributed by atoms with Crippen molar-refractivity contribution >= 4 is 27.7 Å². The molecule has 1 atom stereocenters. The van der Waals surface area contributed by atoms with E-state index in [9.17, 15) is 14.7 Å². The average Bonchev–Trinajstić information content (AvgIpc) is 2.11. The number of allylic oxidation sites excluding steroid dienone is 2. The second kappa shape index (κ2) is 4.72. The van der Waals surface area contributed by atoms with E-state index in [1.165, 1.54) is 25.2 Å². The highest BCUT2D eigenvalue weighted by molar-refractivity contribution is 9.12. The van der Waals surface area contributed by atoms with Gasteiger partial charge in [0.05, 0.1) is 11.1 Å². The van der Waals surface area contributed by atoms with E-state index in [2.05, 4.69) is 15.9 Å². The molecule has 82 valence electrons. The second-order valence-electron chi connectivity index (χ2n) is 3.27. The predicted octanol–water partition coefficient (Wildman–Crippen LogP) is 1.09. The third kappa shape index (κ3) is 3.60. The SMILES string of the molecule is CC(=O)OCC[C@@]1(O)C=CC(=O)C(Br)=C1. The molecular formula is C10H11BrO4. The summed E-state index contributed by atoms with van der Waals surface area (Å²) in [6.07, 6.45) is 4.31. The van der Waals surface area contributed by atoms with Crippen molar-refractivity contribution in [1.29, 1.82) is 0 Å². The molecule has 0 unspecified atom stereocenters. The lowest BCUT2D eigenvalue weighted by molar-refractivity contribution is -0.141. The van der Waals surface area contributed by atoms with Gasteiger partial charge in [-0.3, -0.25) is 9.59 Å². The first-order chi connectivity index (χ1) is 6.93. The number of halogens is 1. The summed E-state index contributed by atoms with van der Waals surface area (Å²) < 4.78 is 5.02. The minimum absolute atomic E-state index is 0.112. The van der Waals surface area contributed by atoms with Gasteiger partial charge < -0.3 is 9.84 Å². The Morgan fingerprint density at radius 3 is 2.87 bits per heavy atom. The molecule has 4 nitrogen and oxygen atoms in total. The first kappa shape index (κ1) is 12.1. The summed E-state index contributed by atoms with van der Waals surface area (Å²) in [7, 11) is 0. The molecule has 0 radical (unpaired) electrons. The molecule has 0 aromatic rings. The molecule has 0 aliphatic heterocycles. The number of hydrogen-bond acceptors (Lipinski definition) is 4. The number of esters is 1. The van der Waals surface area contributed by atoms with Crippen LogP contribution >= 0.6 is 15.9 Å². The van der Waals surface area contributed by atoms with Crippen LogP contribution in [0.5, 0.6) is 0 Å². The Hall–Kier alpha value is -0.940. The van der Waals surface area contributed by atoms with Crippen molar-refractivity contribution in [2.45, 2.75) is 18.9 Å². The van der Waals surface area contributed by atoms with E-state index in [-0.39, 0.29) is 18.8 Å². The molecule has 0 aromatic carbocycles. The Bertz CT molecular complexity index is 345. The Morgan fingerprint density at radius 2 is 2.33 bits per heavy atom. The first-order valence-electron chi connectivity index (χ1n) is 4.41. The van der Waals surface area contributed by atoms with Crippen LogP contribution in [0.3, 0.4) is 0 Å². The highest BCUT2D eigenvalue weighted by atomic mass is 79.9. The highest BCUT2D eigenvalue weighted by Gasteiger charge is 2.26. The molecule has 0 fully saturated rings. The number of aliphatic hydroxyl groups is 1. The van der Waals surface area contributed by atoms with E-state index < -0.39 is 11.6 Å². The molecule has 0 bridgehead atoms. The maximum Gasteiger partial charge on any atom is 0.302 e. The zero-order valence-corrected chi connectivity index (χ0v) is 9.78. The average molecular weight is 275 g/mol. The van der Waals surface area contributed by atoms with Gasteiger partial charge in [-0.1, -0.05) is 0 Å². The summed E-state index contributed by atoms with van der Waals surface area (Å²) >= 11 is 3.04. The smallest absolute Gasteiger partial charge is 0.302 e. The largest absolute Gasteiger partial charge is 0.466 e. The monoisotopic (exact) mass is 274 g/mol. The van der Waals surface area contributed by atoms with Crippen molar-refractivity contribution < 1.29 is 19.4 Å². The van der Waals surface area contributed by atoms with Crippen LogP contribution in [0.4, 0.5) is 0 Å². The number of rotatable bonds is 3. The minimum atomic E-state index is -1.22. The van der Waals surface area contributed by atoms with Gasteiger partial charge in [-0.05, 0) is 34.2 Å². The number of carbonyl (C=O) groups is 2. The van der Waals surface area contributed by atoms with Crippen molar-refractivity contribution in [3.8, 4) is 0 Å². The van der Waals surface area contributed by atoms with Gasteiger partial charge in [0.15, 0.2) is 5.78 Å². The molecule has 0 saturated carbocycles. The molecular weight excluding hydrogens is 264 g/mol. The Kier molecular flexibility index (Phi) is 3.82. The Morgan fingerprint density at radius 1 is 1.67 bits per heavy atom. The van der Waals surface area contributed by atoms with Crippen LogP contribution in [0.15, 0.2) is 22.7 Å². The summed E-state index contributed by atoms with van der Waals surface area (Å²) in [5.41, 5.74) is -1.22. The van der Waals surface area contributed by atoms with Gasteiger partial charge in [0.2, 0.25) is 0 Å².